The minimum absolute atomic E-state index is 0.207. The van der Waals surface area contributed by atoms with Gasteiger partial charge in [0.25, 0.3) is 0 Å². The summed E-state index contributed by atoms with van der Waals surface area (Å²) in [5.74, 6) is -1.91. The van der Waals surface area contributed by atoms with Crippen LogP contribution in [0.25, 0.3) is 0 Å². The average Bonchev–Trinajstić information content (AvgIpc) is 2.92. The van der Waals surface area contributed by atoms with Crippen LogP contribution in [0.15, 0.2) is 18.2 Å². The Hall–Kier alpha value is -1.88. The summed E-state index contributed by atoms with van der Waals surface area (Å²) < 4.78 is 5.50. The lowest BCUT2D eigenvalue weighted by atomic mass is 9.95. The largest absolute Gasteiger partial charge is 0.481 e. The second-order valence-corrected chi connectivity index (χ2v) is 5.56. The molecule has 1 aromatic carbocycles. The number of aliphatic carboxylic acids is 1. The highest BCUT2D eigenvalue weighted by atomic mass is 16.5. The molecule has 1 fully saturated rings. The van der Waals surface area contributed by atoms with E-state index in [1.807, 2.05) is 32.0 Å². The molecule has 1 aliphatic heterocycles. The number of carboxylic acids is 1. The number of carbonyl (C=O) groups excluding carboxylic acids is 1. The van der Waals surface area contributed by atoms with Crippen LogP contribution in [0.3, 0.4) is 0 Å². The maximum absolute atomic E-state index is 12.4. The molecule has 2 rings (SSSR count). The molecule has 0 unspecified atom stereocenters. The Morgan fingerprint density at radius 3 is 2.76 bits per heavy atom. The third-order valence-electron chi connectivity index (χ3n) is 3.78. The number of amides is 1. The van der Waals surface area contributed by atoms with Crippen molar-refractivity contribution in [3.05, 3.63) is 29.3 Å². The van der Waals surface area contributed by atoms with Crippen molar-refractivity contribution < 1.29 is 19.4 Å². The van der Waals surface area contributed by atoms with Gasteiger partial charge in [-0.15, -0.1) is 0 Å². The van der Waals surface area contributed by atoms with Crippen LogP contribution >= 0.6 is 0 Å². The highest BCUT2D eigenvalue weighted by Crippen LogP contribution is 2.25. The van der Waals surface area contributed by atoms with Gasteiger partial charge in [0.15, 0.2) is 0 Å². The molecule has 0 bridgehead atoms. The molecule has 1 heterocycles. The molecule has 0 spiro atoms. The van der Waals surface area contributed by atoms with Gasteiger partial charge in [-0.1, -0.05) is 17.7 Å². The molecule has 0 aromatic heterocycles. The summed E-state index contributed by atoms with van der Waals surface area (Å²) in [6.07, 6.45) is 1.10. The van der Waals surface area contributed by atoms with Crippen molar-refractivity contribution in [3.8, 4) is 0 Å². The molecule has 1 saturated heterocycles. The number of ether oxygens (including phenoxy) is 1. The molecule has 5 heteroatoms. The van der Waals surface area contributed by atoms with E-state index in [0.29, 0.717) is 6.61 Å². The van der Waals surface area contributed by atoms with Gasteiger partial charge in [-0.3, -0.25) is 9.59 Å². The van der Waals surface area contributed by atoms with Crippen LogP contribution in [0.2, 0.25) is 0 Å². The van der Waals surface area contributed by atoms with Gasteiger partial charge < -0.3 is 15.2 Å². The van der Waals surface area contributed by atoms with Crippen LogP contribution in [0.1, 0.15) is 30.4 Å². The van der Waals surface area contributed by atoms with Gasteiger partial charge in [0.1, 0.15) is 0 Å². The van der Waals surface area contributed by atoms with E-state index >= 15 is 0 Å². The molecular formula is C16H21NO4. The standard InChI is InChI=1S/C16H21NO4/c1-10-5-6-13(11(2)8-10)17-16(20)12(9-15(18)19)14-4-3-7-21-14/h5-6,8,12,14H,3-4,7,9H2,1-2H3,(H,17,20)(H,18,19)/t12-,14+/m1/s1. The number of rotatable bonds is 5. The van der Waals surface area contributed by atoms with Gasteiger partial charge in [-0.05, 0) is 38.3 Å². The molecule has 0 saturated carbocycles. The van der Waals surface area contributed by atoms with Crippen molar-refractivity contribution in [1.82, 2.24) is 0 Å². The SMILES string of the molecule is Cc1ccc(NC(=O)[C@H](CC(=O)O)[C@@H]2CCCO2)c(C)c1. The Morgan fingerprint density at radius 2 is 2.19 bits per heavy atom. The molecule has 0 radical (unpaired) electrons. The highest BCUT2D eigenvalue weighted by molar-refractivity contribution is 5.95. The van der Waals surface area contributed by atoms with E-state index in [1.165, 1.54) is 0 Å². The summed E-state index contributed by atoms with van der Waals surface area (Å²) in [6, 6.07) is 5.74. The quantitative estimate of drug-likeness (QED) is 0.874. The second kappa shape index (κ2) is 6.72. The van der Waals surface area contributed by atoms with Gasteiger partial charge >= 0.3 is 5.97 Å². The fraction of sp³-hybridized carbons (Fsp3) is 0.500. The molecule has 1 aromatic rings. The van der Waals surface area contributed by atoms with Gasteiger partial charge in [0.2, 0.25) is 5.91 Å². The number of benzene rings is 1. The Balaban J connectivity index is 2.11. The topological polar surface area (TPSA) is 75.6 Å². The first-order chi connectivity index (χ1) is 9.97. The van der Waals surface area contributed by atoms with E-state index in [0.717, 1.165) is 29.7 Å². The van der Waals surface area contributed by atoms with Crippen molar-refractivity contribution >= 4 is 17.6 Å². The molecule has 114 valence electrons. The van der Waals surface area contributed by atoms with Crippen molar-refractivity contribution in [2.45, 2.75) is 39.2 Å². The first-order valence-electron chi connectivity index (χ1n) is 7.19. The number of carbonyl (C=O) groups is 2. The maximum Gasteiger partial charge on any atom is 0.304 e. The van der Waals surface area contributed by atoms with Crippen molar-refractivity contribution in [2.75, 3.05) is 11.9 Å². The monoisotopic (exact) mass is 291 g/mol. The van der Waals surface area contributed by atoms with Crippen molar-refractivity contribution in [2.24, 2.45) is 5.92 Å². The summed E-state index contributed by atoms with van der Waals surface area (Å²) in [5.41, 5.74) is 2.80. The third-order valence-corrected chi connectivity index (χ3v) is 3.78. The van der Waals surface area contributed by atoms with E-state index in [1.54, 1.807) is 0 Å². The number of carboxylic acid groups (broad SMARTS) is 1. The summed E-state index contributed by atoms with van der Waals surface area (Å²) in [4.78, 5) is 23.4. The first kappa shape index (κ1) is 15.5. The van der Waals surface area contributed by atoms with Gasteiger partial charge in [-0.25, -0.2) is 0 Å². The minimum Gasteiger partial charge on any atom is -0.481 e. The fourth-order valence-corrected chi connectivity index (χ4v) is 2.68. The number of anilines is 1. The Bertz CT molecular complexity index is 535. The molecule has 1 aliphatic rings. The normalized spacial score (nSPS) is 19.2. The van der Waals surface area contributed by atoms with Gasteiger partial charge in [-0.2, -0.15) is 0 Å². The number of nitrogens with one attached hydrogen (secondary N) is 1. The van der Waals surface area contributed by atoms with Crippen LogP contribution in [-0.4, -0.2) is 29.7 Å². The van der Waals surface area contributed by atoms with E-state index in [9.17, 15) is 9.59 Å². The van der Waals surface area contributed by atoms with Crippen LogP contribution in [0.5, 0.6) is 0 Å². The van der Waals surface area contributed by atoms with E-state index < -0.39 is 11.9 Å². The lowest BCUT2D eigenvalue weighted by molar-refractivity contribution is -0.142. The zero-order chi connectivity index (χ0) is 15.4. The molecule has 21 heavy (non-hydrogen) atoms. The predicted octanol–water partition coefficient (Wildman–Crippen LogP) is 2.51. The van der Waals surface area contributed by atoms with E-state index in [2.05, 4.69) is 5.32 Å². The highest BCUT2D eigenvalue weighted by Gasteiger charge is 2.33. The molecule has 0 aliphatic carbocycles. The van der Waals surface area contributed by atoms with Gasteiger partial charge in [0, 0.05) is 12.3 Å². The van der Waals surface area contributed by atoms with E-state index in [-0.39, 0.29) is 18.4 Å². The third kappa shape index (κ3) is 4.04. The minimum atomic E-state index is -0.980. The summed E-state index contributed by atoms with van der Waals surface area (Å²) in [7, 11) is 0. The predicted molar refractivity (Wildman–Crippen MR) is 79.3 cm³/mol. The Kier molecular flexibility index (Phi) is 4.96. The average molecular weight is 291 g/mol. The summed E-state index contributed by atoms with van der Waals surface area (Å²) in [6.45, 7) is 4.50. The van der Waals surface area contributed by atoms with Crippen LogP contribution in [0.4, 0.5) is 5.69 Å². The maximum atomic E-state index is 12.4. The summed E-state index contributed by atoms with van der Waals surface area (Å²) in [5, 5.41) is 11.9. The lowest BCUT2D eigenvalue weighted by Crippen LogP contribution is -2.34. The lowest BCUT2D eigenvalue weighted by Gasteiger charge is -2.21. The molecule has 2 atom stereocenters. The zero-order valence-electron chi connectivity index (χ0n) is 12.4. The van der Waals surface area contributed by atoms with Crippen molar-refractivity contribution in [3.63, 3.8) is 0 Å². The number of aryl methyl sites for hydroxylation is 2. The van der Waals surface area contributed by atoms with E-state index in [4.69, 9.17) is 9.84 Å². The van der Waals surface area contributed by atoms with Crippen LogP contribution in [0, 0.1) is 19.8 Å². The van der Waals surface area contributed by atoms with Crippen molar-refractivity contribution in [1.29, 1.82) is 0 Å². The molecule has 1 amide bonds. The Labute approximate surface area is 124 Å². The molecule has 5 nitrogen and oxygen atoms in total. The smallest absolute Gasteiger partial charge is 0.304 e. The zero-order valence-corrected chi connectivity index (χ0v) is 12.4. The number of hydrogen-bond donors (Lipinski definition) is 2. The molecular weight excluding hydrogens is 270 g/mol. The van der Waals surface area contributed by atoms with Crippen LogP contribution in [-0.2, 0) is 14.3 Å². The van der Waals surface area contributed by atoms with Crippen LogP contribution < -0.4 is 5.32 Å². The van der Waals surface area contributed by atoms with Gasteiger partial charge in [0.05, 0.1) is 18.4 Å². The first-order valence-corrected chi connectivity index (χ1v) is 7.19. The summed E-state index contributed by atoms with van der Waals surface area (Å²) >= 11 is 0. The Morgan fingerprint density at radius 1 is 1.43 bits per heavy atom. The fourth-order valence-electron chi connectivity index (χ4n) is 2.68. The second-order valence-electron chi connectivity index (χ2n) is 5.56. The molecule has 2 N–H and O–H groups in total. The number of hydrogen-bond acceptors (Lipinski definition) is 3.